The van der Waals surface area contributed by atoms with Gasteiger partial charge < -0.3 is 14.1 Å². The minimum Gasteiger partial charge on any atom is -0.456 e. The zero-order valence-corrected chi connectivity index (χ0v) is 39.6. The Morgan fingerprint density at radius 1 is 0.694 bits per heavy atom. The van der Waals surface area contributed by atoms with Crippen molar-refractivity contribution in [1.29, 1.82) is 0 Å². The third-order valence-electron chi connectivity index (χ3n) is 15.3. The van der Waals surface area contributed by atoms with Crippen LogP contribution in [0.4, 0.5) is 8.63 Å². The van der Waals surface area contributed by atoms with E-state index in [-0.39, 0.29) is 6.42 Å². The molecular formula is C61H45BF2N3O5+. The lowest BCUT2D eigenvalue weighted by atomic mass is 9.84. The molecule has 72 heavy (non-hydrogen) atoms. The molecule has 350 valence electrons. The van der Waals surface area contributed by atoms with E-state index in [2.05, 4.69) is 30.1 Å². The summed E-state index contributed by atoms with van der Waals surface area (Å²) in [4.78, 5) is 45.2. The highest BCUT2D eigenvalue weighted by molar-refractivity contribution is 6.37. The number of para-hydroxylation sites is 1. The molecule has 0 amide bonds. The summed E-state index contributed by atoms with van der Waals surface area (Å²) in [5.41, 5.74) is 14.4. The normalized spacial score (nSPS) is 14.8. The van der Waals surface area contributed by atoms with Crippen molar-refractivity contribution in [3.63, 3.8) is 0 Å². The Bertz CT molecular complexity index is 4130. The van der Waals surface area contributed by atoms with Gasteiger partial charge >= 0.3 is 13.4 Å². The minimum absolute atomic E-state index is 0.145. The molecule has 1 N–H and O–H groups in total. The first-order valence-corrected chi connectivity index (χ1v) is 24.6. The molecule has 10 aromatic rings. The zero-order chi connectivity index (χ0) is 48.9. The number of rotatable bonds is 9. The number of ether oxygens (including phenoxy) is 1. The molecule has 0 spiro atoms. The first-order chi connectivity index (χ1) is 35.1. The number of aromatic amines is 1. The molecule has 11 heteroatoms. The molecule has 4 heterocycles. The number of carbonyl (C=O) groups is 1. The summed E-state index contributed by atoms with van der Waals surface area (Å²) in [7, 11) is -2.80. The molecule has 3 aromatic heterocycles. The van der Waals surface area contributed by atoms with E-state index in [0.29, 0.717) is 69.4 Å². The molecule has 0 radical (unpaired) electrons. The molecule has 13 rings (SSSR count). The number of esters is 1. The van der Waals surface area contributed by atoms with E-state index in [1.165, 1.54) is 20.2 Å². The molecule has 0 unspecified atom stereocenters. The van der Waals surface area contributed by atoms with Crippen LogP contribution in [0.1, 0.15) is 70.8 Å². The predicted octanol–water partition coefficient (Wildman–Crippen LogP) is 12.6. The highest BCUT2D eigenvalue weighted by atomic mass is 19.2. The second-order valence-corrected chi connectivity index (χ2v) is 19.2. The molecule has 2 aliphatic carbocycles. The second-order valence-electron chi connectivity index (χ2n) is 19.2. The Morgan fingerprint density at radius 3 is 2.12 bits per heavy atom. The number of H-pyrrole nitrogens is 1. The van der Waals surface area contributed by atoms with Crippen LogP contribution in [0.15, 0.2) is 176 Å². The van der Waals surface area contributed by atoms with Gasteiger partial charge in [-0.2, -0.15) is 0 Å². The van der Waals surface area contributed by atoms with Crippen LogP contribution in [0, 0.1) is 6.92 Å². The van der Waals surface area contributed by atoms with Crippen molar-refractivity contribution in [2.45, 2.75) is 58.8 Å². The molecule has 0 fully saturated rings. The van der Waals surface area contributed by atoms with Gasteiger partial charge in [0.25, 0.3) is 11.1 Å². The number of halogens is 2. The van der Waals surface area contributed by atoms with Gasteiger partial charge in [-0.3, -0.25) is 14.4 Å². The zero-order valence-electron chi connectivity index (χ0n) is 39.6. The number of pyridine rings is 1. The first-order valence-electron chi connectivity index (χ1n) is 24.6. The van der Waals surface area contributed by atoms with Crippen LogP contribution >= 0.6 is 0 Å². The number of aromatic nitrogens is 2. The molecule has 7 aromatic carbocycles. The average molecular weight is 949 g/mol. The van der Waals surface area contributed by atoms with Crippen LogP contribution in [0.3, 0.4) is 0 Å². The number of aryl methyl sites for hydroxylation is 3. The third-order valence-corrected chi connectivity index (χ3v) is 15.3. The van der Waals surface area contributed by atoms with E-state index in [1.54, 1.807) is 42.5 Å². The molecule has 1 aliphatic heterocycles. The monoisotopic (exact) mass is 948 g/mol. The Balaban J connectivity index is 0.763. The summed E-state index contributed by atoms with van der Waals surface area (Å²) in [6, 6.07) is 45.7. The lowest BCUT2D eigenvalue weighted by molar-refractivity contribution is -0.342. The minimum atomic E-state index is -2.80. The van der Waals surface area contributed by atoms with Gasteiger partial charge in [-0.1, -0.05) is 91.0 Å². The Kier molecular flexibility index (Phi) is 10.2. The smallest absolute Gasteiger partial charge is 0.456 e. The summed E-state index contributed by atoms with van der Waals surface area (Å²) >= 11 is 0. The summed E-state index contributed by atoms with van der Waals surface area (Å²) < 4.78 is 46.1. The number of allylic oxidation sites excluding steroid dienone is 2. The fourth-order valence-electron chi connectivity index (χ4n) is 11.9. The fourth-order valence-corrected chi connectivity index (χ4v) is 11.9. The van der Waals surface area contributed by atoms with Crippen molar-refractivity contribution in [3.05, 3.63) is 228 Å². The molecule has 0 saturated heterocycles. The van der Waals surface area contributed by atoms with Gasteiger partial charge in [-0.25, -0.2) is 17.7 Å². The van der Waals surface area contributed by atoms with Crippen LogP contribution in [-0.4, -0.2) is 33.1 Å². The van der Waals surface area contributed by atoms with E-state index in [9.17, 15) is 14.4 Å². The van der Waals surface area contributed by atoms with Crippen molar-refractivity contribution in [1.82, 2.24) is 9.55 Å². The van der Waals surface area contributed by atoms with Crippen molar-refractivity contribution >= 4 is 68.1 Å². The van der Waals surface area contributed by atoms with E-state index in [1.807, 2.05) is 91.9 Å². The van der Waals surface area contributed by atoms with Gasteiger partial charge in [-0.05, 0) is 146 Å². The Morgan fingerprint density at radius 2 is 1.36 bits per heavy atom. The van der Waals surface area contributed by atoms with Crippen molar-refractivity contribution in [3.8, 4) is 22.7 Å². The highest BCUT2D eigenvalue weighted by Gasteiger charge is 2.50. The van der Waals surface area contributed by atoms with Gasteiger partial charge in [0.1, 0.15) is 16.9 Å². The van der Waals surface area contributed by atoms with Crippen LogP contribution in [0.25, 0.3) is 66.0 Å². The Hall–Kier alpha value is -8.44. The summed E-state index contributed by atoms with van der Waals surface area (Å²) in [6.45, 7) is 4.05. The van der Waals surface area contributed by atoms with Crippen LogP contribution < -0.4 is 15.9 Å². The van der Waals surface area contributed by atoms with Crippen molar-refractivity contribution < 1.29 is 27.1 Å². The maximum absolute atomic E-state index is 15.8. The van der Waals surface area contributed by atoms with Crippen molar-refractivity contribution in [2.75, 3.05) is 0 Å². The number of nitrogens with zero attached hydrogens (tertiary/aromatic N) is 2. The van der Waals surface area contributed by atoms with Gasteiger partial charge in [0, 0.05) is 61.3 Å². The average Bonchev–Trinajstić information content (AvgIpc) is 3.90. The van der Waals surface area contributed by atoms with E-state index in [0.717, 1.165) is 96.9 Å². The third kappa shape index (κ3) is 6.78. The van der Waals surface area contributed by atoms with Gasteiger partial charge in [0.15, 0.2) is 11.4 Å². The second kappa shape index (κ2) is 16.9. The standard InChI is InChI=1S/C61H44BF2N3O5/c1-34-42-28-22-37-11-3-5-13-44(37)57(42)65-56(34)53(58-35(2)43-29-23-38-12-4-6-14-45(38)59(43)67(58)62(63)64)39-20-26-41(27-21-39)71-52(68)17-9-10-36-18-24-40(25-19-36)66-60(69)48-31-30-47-46-15-7-8-16-50(46)72-51-33-32-49(61(66)70)54(48)55(47)51/h3-8,11-16,18-21,24-27,30-33H,9-10,17,22-23,28-29H2,1-2H3/p+1. The molecule has 8 nitrogen and oxygen atoms in total. The van der Waals surface area contributed by atoms with E-state index in [4.69, 9.17) is 9.15 Å². The van der Waals surface area contributed by atoms with Gasteiger partial charge in [0.05, 0.1) is 17.0 Å². The largest absolute Gasteiger partial charge is 0.935 e. The number of hydrogen-bond donors (Lipinski definition) is 1. The molecular weight excluding hydrogens is 903 g/mol. The lowest BCUT2D eigenvalue weighted by Gasteiger charge is -2.16. The lowest BCUT2D eigenvalue weighted by Crippen LogP contribution is -2.31. The SMILES string of the molecule is CC1=C2CCc3ccccc3C2=[N+](B(F)F)/C1=C(/c1ccc(OC(=O)CCCc2ccc(-n3c(=O)c4ccc5oc6ccccc6c6ccc(c3=O)c4c56)cc2)cc1)c1[nH]c2c(c1C)CCc1ccccc1-2. The maximum atomic E-state index is 15.8. The number of benzene rings is 7. The highest BCUT2D eigenvalue weighted by Crippen LogP contribution is 2.45. The molecule has 0 atom stereocenters. The summed E-state index contributed by atoms with van der Waals surface area (Å²) in [5.74, 6) is -0.0470. The maximum Gasteiger partial charge on any atom is 0.935 e. The van der Waals surface area contributed by atoms with Crippen LogP contribution in [-0.2, 0) is 30.5 Å². The van der Waals surface area contributed by atoms with Gasteiger partial charge in [-0.15, -0.1) is 0 Å². The Labute approximate surface area is 412 Å². The number of carbonyl (C=O) groups excluding carboxylic acids is 1. The first kappa shape index (κ1) is 43.6. The van der Waals surface area contributed by atoms with Crippen molar-refractivity contribution in [2.24, 2.45) is 0 Å². The molecule has 0 saturated carbocycles. The molecule has 0 bridgehead atoms. The molecule has 3 aliphatic rings. The van der Waals surface area contributed by atoms with E-state index < -0.39 is 24.5 Å². The van der Waals surface area contributed by atoms with Gasteiger partial charge in [0.2, 0.25) is 0 Å². The van der Waals surface area contributed by atoms with E-state index >= 15 is 8.63 Å². The summed E-state index contributed by atoms with van der Waals surface area (Å²) in [5, 5.41) is 4.06. The number of nitrogens with one attached hydrogen (secondary N) is 1. The summed E-state index contributed by atoms with van der Waals surface area (Å²) in [6.07, 6.45) is 4.37. The van der Waals surface area contributed by atoms with Crippen LogP contribution in [0.5, 0.6) is 5.75 Å². The van der Waals surface area contributed by atoms with Crippen LogP contribution in [0.2, 0.25) is 0 Å². The fraction of sp³-hybridized carbons (Fsp3) is 0.148. The topological polar surface area (TPSA) is 97.3 Å². The number of fused-ring (bicyclic) bond motifs is 8. The number of hydrogen-bond acceptors (Lipinski definition) is 5. The quantitative estimate of drug-likeness (QED) is 0.0511. The predicted molar refractivity (Wildman–Crippen MR) is 281 cm³/mol.